The second-order valence-electron chi connectivity index (χ2n) is 4.95. The van der Waals surface area contributed by atoms with E-state index in [9.17, 15) is 0 Å². The second kappa shape index (κ2) is 5.66. The van der Waals surface area contributed by atoms with Gasteiger partial charge in [0.2, 0.25) is 0 Å². The Kier molecular flexibility index (Phi) is 3.74. The van der Waals surface area contributed by atoms with E-state index in [0.29, 0.717) is 11.6 Å². The Labute approximate surface area is 118 Å². The largest absolute Gasteiger partial charge is 0.264 e. The molecule has 0 unspecified atom stereocenters. The summed E-state index contributed by atoms with van der Waals surface area (Å²) in [6, 6.07) is 3.97. The van der Waals surface area contributed by atoms with Crippen LogP contribution in [0.25, 0.3) is 0 Å². The van der Waals surface area contributed by atoms with E-state index in [0.717, 1.165) is 35.5 Å². The Morgan fingerprint density at radius 1 is 1.11 bits per heavy atom. The van der Waals surface area contributed by atoms with Crippen molar-refractivity contribution in [2.24, 2.45) is 0 Å². The van der Waals surface area contributed by atoms with Gasteiger partial charge in [-0.25, -0.2) is 9.97 Å². The minimum absolute atomic E-state index is 0.644. The lowest BCUT2D eigenvalue weighted by molar-refractivity contribution is 0.708. The van der Waals surface area contributed by atoms with Crippen LogP contribution >= 0.6 is 11.6 Å². The minimum atomic E-state index is 0.644. The zero-order chi connectivity index (χ0) is 13.1. The molecule has 0 saturated carbocycles. The Balaban J connectivity index is 1.91. The van der Waals surface area contributed by atoms with Crippen molar-refractivity contribution in [1.82, 2.24) is 15.0 Å². The molecule has 2 heterocycles. The van der Waals surface area contributed by atoms with Gasteiger partial charge in [-0.05, 0) is 37.3 Å². The highest BCUT2D eigenvalue weighted by atomic mass is 35.5. The van der Waals surface area contributed by atoms with Gasteiger partial charge in [-0.1, -0.05) is 24.1 Å². The fraction of sp³-hybridized carbons (Fsp3) is 0.400. The molecule has 1 aliphatic rings. The van der Waals surface area contributed by atoms with E-state index in [1.165, 1.54) is 19.3 Å². The lowest BCUT2D eigenvalue weighted by Crippen LogP contribution is -2.05. The summed E-state index contributed by atoms with van der Waals surface area (Å²) in [5.41, 5.74) is 3.43. The van der Waals surface area contributed by atoms with Crippen molar-refractivity contribution >= 4 is 11.6 Å². The molecule has 2 aromatic rings. The molecule has 0 saturated heterocycles. The molecule has 0 N–H and O–H groups in total. The maximum absolute atomic E-state index is 6.32. The molecule has 0 radical (unpaired) electrons. The molecule has 0 atom stereocenters. The van der Waals surface area contributed by atoms with Gasteiger partial charge in [0.15, 0.2) is 0 Å². The van der Waals surface area contributed by atoms with Crippen LogP contribution in [0, 0.1) is 0 Å². The van der Waals surface area contributed by atoms with Crippen molar-refractivity contribution in [2.45, 2.75) is 38.5 Å². The number of rotatable bonds is 2. The summed E-state index contributed by atoms with van der Waals surface area (Å²) in [4.78, 5) is 13.3. The van der Waals surface area contributed by atoms with Crippen LogP contribution in [-0.2, 0) is 19.3 Å². The number of nitrogens with zero attached hydrogens (tertiary/aromatic N) is 3. The normalized spacial score (nSPS) is 14.8. The zero-order valence-electron chi connectivity index (χ0n) is 10.8. The fourth-order valence-corrected chi connectivity index (χ4v) is 2.84. The Morgan fingerprint density at radius 3 is 2.84 bits per heavy atom. The quantitative estimate of drug-likeness (QED) is 0.622. The predicted molar refractivity (Wildman–Crippen MR) is 75.3 cm³/mol. The lowest BCUT2D eigenvalue weighted by Gasteiger charge is -2.09. The number of fused-ring (bicyclic) bond motifs is 1. The second-order valence-corrected chi connectivity index (χ2v) is 5.31. The molecule has 0 bridgehead atoms. The van der Waals surface area contributed by atoms with Crippen molar-refractivity contribution in [2.75, 3.05) is 0 Å². The standard InChI is InChI=1S/C15H16ClN3/c16-15-12-6-2-1-3-7-13(12)18-14(19-15)9-11-5-4-8-17-10-11/h4-5,8,10H,1-3,6-7,9H2. The molecule has 98 valence electrons. The molecule has 0 aliphatic heterocycles. The van der Waals surface area contributed by atoms with Gasteiger partial charge in [0.1, 0.15) is 11.0 Å². The first-order valence-corrected chi connectivity index (χ1v) is 7.14. The molecule has 1 aliphatic carbocycles. The van der Waals surface area contributed by atoms with Crippen LogP contribution in [0.1, 0.15) is 41.9 Å². The average Bonchev–Trinajstić information content (AvgIpc) is 2.65. The summed E-state index contributed by atoms with van der Waals surface area (Å²) in [6.07, 6.45) is 10.0. The van der Waals surface area contributed by atoms with E-state index in [-0.39, 0.29) is 0 Å². The highest BCUT2D eigenvalue weighted by Gasteiger charge is 2.15. The number of aryl methyl sites for hydroxylation is 1. The first kappa shape index (κ1) is 12.5. The van der Waals surface area contributed by atoms with Gasteiger partial charge in [-0.2, -0.15) is 0 Å². The Bertz CT molecular complexity index is 569. The molecule has 3 rings (SSSR count). The zero-order valence-corrected chi connectivity index (χ0v) is 11.5. The third kappa shape index (κ3) is 2.92. The molecule has 4 heteroatoms. The van der Waals surface area contributed by atoms with Gasteiger partial charge < -0.3 is 0 Å². The van der Waals surface area contributed by atoms with E-state index in [1.54, 1.807) is 6.20 Å². The van der Waals surface area contributed by atoms with E-state index < -0.39 is 0 Å². The van der Waals surface area contributed by atoms with Gasteiger partial charge in [0.05, 0.1) is 0 Å². The van der Waals surface area contributed by atoms with Crippen molar-refractivity contribution in [1.29, 1.82) is 0 Å². The summed E-state index contributed by atoms with van der Waals surface area (Å²) in [7, 11) is 0. The molecule has 0 fully saturated rings. The minimum Gasteiger partial charge on any atom is -0.264 e. The van der Waals surface area contributed by atoms with E-state index in [1.807, 2.05) is 18.3 Å². The molecule has 0 aromatic carbocycles. The maximum atomic E-state index is 6.32. The monoisotopic (exact) mass is 273 g/mol. The third-order valence-corrected chi connectivity index (χ3v) is 3.83. The van der Waals surface area contributed by atoms with Gasteiger partial charge in [-0.3, -0.25) is 4.98 Å². The smallest absolute Gasteiger partial charge is 0.136 e. The number of halogens is 1. The van der Waals surface area contributed by atoms with E-state index in [4.69, 9.17) is 16.6 Å². The summed E-state index contributed by atoms with van der Waals surface area (Å²) in [6.45, 7) is 0. The molecule has 3 nitrogen and oxygen atoms in total. The van der Waals surface area contributed by atoms with Crippen LogP contribution in [0.5, 0.6) is 0 Å². The van der Waals surface area contributed by atoms with Gasteiger partial charge in [0, 0.05) is 30.1 Å². The van der Waals surface area contributed by atoms with Crippen LogP contribution in [-0.4, -0.2) is 15.0 Å². The van der Waals surface area contributed by atoms with Crippen molar-refractivity contribution in [3.63, 3.8) is 0 Å². The number of hydrogen-bond donors (Lipinski definition) is 0. The topological polar surface area (TPSA) is 38.7 Å². The maximum Gasteiger partial charge on any atom is 0.136 e. The highest BCUT2D eigenvalue weighted by molar-refractivity contribution is 6.30. The molecule has 2 aromatic heterocycles. The van der Waals surface area contributed by atoms with Crippen molar-refractivity contribution in [3.05, 3.63) is 52.3 Å². The summed E-state index contributed by atoms with van der Waals surface area (Å²) in [5.74, 6) is 0.804. The van der Waals surface area contributed by atoms with Crippen LogP contribution in [0.4, 0.5) is 0 Å². The summed E-state index contributed by atoms with van der Waals surface area (Å²) >= 11 is 6.32. The molecular formula is C15H16ClN3. The Morgan fingerprint density at radius 2 is 2.00 bits per heavy atom. The van der Waals surface area contributed by atoms with Gasteiger partial charge in [0.25, 0.3) is 0 Å². The van der Waals surface area contributed by atoms with Gasteiger partial charge >= 0.3 is 0 Å². The summed E-state index contributed by atoms with van der Waals surface area (Å²) < 4.78 is 0. The van der Waals surface area contributed by atoms with E-state index in [2.05, 4.69) is 9.97 Å². The average molecular weight is 274 g/mol. The lowest BCUT2D eigenvalue weighted by atomic mass is 10.1. The van der Waals surface area contributed by atoms with Crippen molar-refractivity contribution < 1.29 is 0 Å². The number of pyridine rings is 1. The van der Waals surface area contributed by atoms with Crippen molar-refractivity contribution in [3.8, 4) is 0 Å². The van der Waals surface area contributed by atoms with Crippen LogP contribution in [0.2, 0.25) is 5.15 Å². The first-order valence-electron chi connectivity index (χ1n) is 6.76. The van der Waals surface area contributed by atoms with Crippen LogP contribution in [0.15, 0.2) is 24.5 Å². The predicted octanol–water partition coefficient (Wildman–Crippen LogP) is 3.38. The number of aromatic nitrogens is 3. The first-order chi connectivity index (χ1) is 9.33. The molecular weight excluding hydrogens is 258 g/mol. The number of hydrogen-bond acceptors (Lipinski definition) is 3. The molecule has 0 amide bonds. The SMILES string of the molecule is Clc1nc(Cc2cccnc2)nc2c1CCCCC2. The third-order valence-electron chi connectivity index (χ3n) is 3.51. The molecule has 19 heavy (non-hydrogen) atoms. The Hall–Kier alpha value is -1.48. The van der Waals surface area contributed by atoms with E-state index >= 15 is 0 Å². The van der Waals surface area contributed by atoms with Gasteiger partial charge in [-0.15, -0.1) is 0 Å². The summed E-state index contributed by atoms with van der Waals surface area (Å²) in [5, 5.41) is 0.644. The fourth-order valence-electron chi connectivity index (χ4n) is 2.54. The highest BCUT2D eigenvalue weighted by Crippen LogP contribution is 2.25. The van der Waals surface area contributed by atoms with Crippen LogP contribution < -0.4 is 0 Å². The van der Waals surface area contributed by atoms with Crippen LogP contribution in [0.3, 0.4) is 0 Å². The molecule has 0 spiro atoms.